The molecule has 1 fully saturated rings. The second kappa shape index (κ2) is 7.38. The van der Waals surface area contributed by atoms with Gasteiger partial charge < -0.3 is 9.80 Å². The summed E-state index contributed by atoms with van der Waals surface area (Å²) in [6, 6.07) is 5.56. The van der Waals surface area contributed by atoms with Gasteiger partial charge in [-0.1, -0.05) is 0 Å². The minimum atomic E-state index is -0.357. The topological polar surface area (TPSA) is 40.6 Å². The molecule has 0 N–H and O–H groups in total. The zero-order chi connectivity index (χ0) is 16.1. The molecule has 0 unspecified atom stereocenters. The van der Waals surface area contributed by atoms with Crippen molar-refractivity contribution in [2.75, 3.05) is 26.2 Å². The lowest BCUT2D eigenvalue weighted by molar-refractivity contribution is -0.136. The zero-order valence-corrected chi connectivity index (χ0v) is 13.2. The summed E-state index contributed by atoms with van der Waals surface area (Å²) < 4.78 is 13.0. The van der Waals surface area contributed by atoms with Gasteiger partial charge in [0.05, 0.1) is 5.92 Å². The van der Waals surface area contributed by atoms with E-state index in [-0.39, 0.29) is 23.5 Å². The van der Waals surface area contributed by atoms with Gasteiger partial charge in [-0.15, -0.1) is 0 Å². The molecule has 2 amide bonds. The summed E-state index contributed by atoms with van der Waals surface area (Å²) in [7, 11) is 0. The predicted octanol–water partition coefficient (Wildman–Crippen LogP) is 2.55. The highest BCUT2D eigenvalue weighted by Crippen LogP contribution is 2.21. The van der Waals surface area contributed by atoms with Gasteiger partial charge >= 0.3 is 0 Å². The van der Waals surface area contributed by atoms with Crippen LogP contribution in [0.3, 0.4) is 0 Å². The molecule has 120 valence electrons. The highest BCUT2D eigenvalue weighted by Gasteiger charge is 2.30. The largest absolute Gasteiger partial charge is 0.343 e. The summed E-state index contributed by atoms with van der Waals surface area (Å²) >= 11 is 0. The van der Waals surface area contributed by atoms with Crippen LogP contribution in [0.15, 0.2) is 24.3 Å². The molecule has 1 aliphatic rings. The van der Waals surface area contributed by atoms with Crippen molar-refractivity contribution in [1.82, 2.24) is 9.80 Å². The van der Waals surface area contributed by atoms with Crippen molar-refractivity contribution in [3.8, 4) is 0 Å². The number of halogens is 1. The Bertz CT molecular complexity index is 526. The molecule has 1 aliphatic heterocycles. The quantitative estimate of drug-likeness (QED) is 0.858. The molecule has 1 aromatic carbocycles. The fraction of sp³-hybridized carbons (Fsp3) is 0.529. The average molecular weight is 306 g/mol. The molecule has 0 bridgehead atoms. The Labute approximate surface area is 130 Å². The molecule has 1 saturated heterocycles. The van der Waals surface area contributed by atoms with E-state index in [4.69, 9.17) is 0 Å². The number of amides is 2. The standard InChI is InChI=1S/C17H23FN2O2/c1-3-19(4-2)17(22)14-6-5-11-20(12-14)16(21)13-7-9-15(18)10-8-13/h7-10,14H,3-6,11-12H2,1-2H3/t14-/m0/s1. The Kier molecular flexibility index (Phi) is 5.52. The molecule has 2 rings (SSSR count). The molecule has 1 aromatic rings. The maximum absolute atomic E-state index is 13.0. The summed E-state index contributed by atoms with van der Waals surface area (Å²) in [5.74, 6) is -0.485. The highest BCUT2D eigenvalue weighted by molar-refractivity contribution is 5.94. The summed E-state index contributed by atoms with van der Waals surface area (Å²) in [6.45, 7) is 6.41. The molecule has 1 heterocycles. The van der Waals surface area contributed by atoms with Gasteiger partial charge in [-0.2, -0.15) is 0 Å². The number of hydrogen-bond acceptors (Lipinski definition) is 2. The first-order valence-electron chi connectivity index (χ1n) is 7.90. The Morgan fingerprint density at radius 3 is 2.45 bits per heavy atom. The van der Waals surface area contributed by atoms with Crippen LogP contribution in [-0.2, 0) is 4.79 Å². The lowest BCUT2D eigenvalue weighted by Gasteiger charge is -2.34. The van der Waals surface area contributed by atoms with E-state index in [0.717, 1.165) is 12.8 Å². The van der Waals surface area contributed by atoms with Crippen molar-refractivity contribution in [3.05, 3.63) is 35.6 Å². The van der Waals surface area contributed by atoms with Crippen molar-refractivity contribution in [3.63, 3.8) is 0 Å². The molecule has 0 radical (unpaired) electrons. The number of likely N-dealkylation sites (tertiary alicyclic amines) is 1. The molecular formula is C17H23FN2O2. The number of carbonyl (C=O) groups is 2. The van der Waals surface area contributed by atoms with Crippen LogP contribution in [0.4, 0.5) is 4.39 Å². The van der Waals surface area contributed by atoms with Crippen molar-refractivity contribution in [1.29, 1.82) is 0 Å². The maximum atomic E-state index is 13.0. The Morgan fingerprint density at radius 2 is 1.86 bits per heavy atom. The van der Waals surface area contributed by atoms with E-state index in [0.29, 0.717) is 31.7 Å². The van der Waals surface area contributed by atoms with Gasteiger partial charge in [0, 0.05) is 31.7 Å². The monoisotopic (exact) mass is 306 g/mol. The summed E-state index contributed by atoms with van der Waals surface area (Å²) in [5.41, 5.74) is 0.470. The smallest absolute Gasteiger partial charge is 0.253 e. The normalized spacial score (nSPS) is 18.1. The van der Waals surface area contributed by atoms with Crippen LogP contribution in [0.25, 0.3) is 0 Å². The van der Waals surface area contributed by atoms with Crippen molar-refractivity contribution in [2.24, 2.45) is 5.92 Å². The van der Waals surface area contributed by atoms with Crippen LogP contribution in [0.2, 0.25) is 0 Å². The van der Waals surface area contributed by atoms with Gasteiger partial charge in [0.25, 0.3) is 5.91 Å². The van der Waals surface area contributed by atoms with Crippen molar-refractivity contribution >= 4 is 11.8 Å². The molecule has 0 aromatic heterocycles. The number of benzene rings is 1. The summed E-state index contributed by atoms with van der Waals surface area (Å²) in [5, 5.41) is 0. The first-order chi connectivity index (χ1) is 10.6. The molecule has 22 heavy (non-hydrogen) atoms. The SMILES string of the molecule is CCN(CC)C(=O)[C@H]1CCCN(C(=O)c2ccc(F)cc2)C1. The van der Waals surface area contributed by atoms with Crippen molar-refractivity contribution in [2.45, 2.75) is 26.7 Å². The van der Waals surface area contributed by atoms with Crippen LogP contribution in [-0.4, -0.2) is 47.8 Å². The Morgan fingerprint density at radius 1 is 1.23 bits per heavy atom. The fourth-order valence-corrected chi connectivity index (χ4v) is 2.93. The van der Waals surface area contributed by atoms with Crippen molar-refractivity contribution < 1.29 is 14.0 Å². The third-order valence-corrected chi connectivity index (χ3v) is 4.22. The lowest BCUT2D eigenvalue weighted by atomic mass is 9.95. The summed E-state index contributed by atoms with van der Waals surface area (Å²) in [4.78, 5) is 28.4. The summed E-state index contributed by atoms with van der Waals surface area (Å²) in [6.07, 6.45) is 1.65. The fourth-order valence-electron chi connectivity index (χ4n) is 2.93. The zero-order valence-electron chi connectivity index (χ0n) is 13.2. The molecule has 0 aliphatic carbocycles. The molecular weight excluding hydrogens is 283 g/mol. The third kappa shape index (κ3) is 3.64. The van der Waals surface area contributed by atoms with E-state index >= 15 is 0 Å². The molecule has 1 atom stereocenters. The van der Waals surface area contributed by atoms with Crippen LogP contribution < -0.4 is 0 Å². The minimum absolute atomic E-state index is 0.126. The van der Waals surface area contributed by atoms with Crippen LogP contribution in [0.1, 0.15) is 37.0 Å². The second-order valence-electron chi connectivity index (χ2n) is 5.61. The van der Waals surface area contributed by atoms with Gasteiger partial charge in [-0.25, -0.2) is 4.39 Å². The average Bonchev–Trinajstić information content (AvgIpc) is 2.56. The van der Waals surface area contributed by atoms with Gasteiger partial charge in [-0.3, -0.25) is 9.59 Å². The minimum Gasteiger partial charge on any atom is -0.343 e. The van der Waals surface area contributed by atoms with Gasteiger partial charge in [0.2, 0.25) is 5.91 Å². The van der Waals surface area contributed by atoms with E-state index in [9.17, 15) is 14.0 Å². The maximum Gasteiger partial charge on any atom is 0.253 e. The number of hydrogen-bond donors (Lipinski definition) is 0. The lowest BCUT2D eigenvalue weighted by Crippen LogP contribution is -2.46. The molecule has 0 saturated carbocycles. The van der Waals surface area contributed by atoms with Crippen LogP contribution in [0, 0.1) is 11.7 Å². The molecule has 0 spiro atoms. The Hall–Kier alpha value is -1.91. The third-order valence-electron chi connectivity index (χ3n) is 4.22. The Balaban J connectivity index is 2.05. The van der Waals surface area contributed by atoms with E-state index < -0.39 is 0 Å². The second-order valence-corrected chi connectivity index (χ2v) is 5.61. The van der Waals surface area contributed by atoms with E-state index in [2.05, 4.69) is 0 Å². The van der Waals surface area contributed by atoms with E-state index in [1.807, 2.05) is 18.7 Å². The first-order valence-corrected chi connectivity index (χ1v) is 7.90. The number of rotatable bonds is 4. The number of carbonyl (C=O) groups excluding carboxylic acids is 2. The molecule has 4 nitrogen and oxygen atoms in total. The van der Waals surface area contributed by atoms with Gasteiger partial charge in [0.15, 0.2) is 0 Å². The first kappa shape index (κ1) is 16.5. The van der Waals surface area contributed by atoms with E-state index in [1.165, 1.54) is 24.3 Å². The van der Waals surface area contributed by atoms with Crippen LogP contribution in [0.5, 0.6) is 0 Å². The molecule has 5 heteroatoms. The predicted molar refractivity (Wildman–Crippen MR) is 83.0 cm³/mol. The van der Waals surface area contributed by atoms with Crippen LogP contribution >= 0.6 is 0 Å². The highest BCUT2D eigenvalue weighted by atomic mass is 19.1. The number of piperidine rings is 1. The van der Waals surface area contributed by atoms with Gasteiger partial charge in [-0.05, 0) is 51.0 Å². The van der Waals surface area contributed by atoms with Gasteiger partial charge in [0.1, 0.15) is 5.82 Å². The van der Waals surface area contributed by atoms with E-state index in [1.54, 1.807) is 4.90 Å². The number of nitrogens with zero attached hydrogens (tertiary/aromatic N) is 2.